The number of hydrogen-bond acceptors (Lipinski definition) is 4. The number of amides is 1. The number of nitrogens with zero attached hydrogens (tertiary/aromatic N) is 2. The second-order valence-corrected chi connectivity index (χ2v) is 4.80. The summed E-state index contributed by atoms with van der Waals surface area (Å²) in [5.74, 6) is -0.256. The van der Waals surface area contributed by atoms with Gasteiger partial charge in [-0.15, -0.1) is 0 Å². The number of nitrogen functional groups attached to an aromatic ring is 1. The van der Waals surface area contributed by atoms with E-state index in [1.807, 2.05) is 36.4 Å². The summed E-state index contributed by atoms with van der Waals surface area (Å²) < 4.78 is 0. The highest BCUT2D eigenvalue weighted by atomic mass is 16.1. The minimum absolute atomic E-state index is 0.204. The van der Waals surface area contributed by atoms with E-state index >= 15 is 0 Å². The van der Waals surface area contributed by atoms with E-state index in [1.165, 1.54) is 0 Å². The standard InChI is InChI=1S/C17H14N4O/c18-16(22)13-8-6-12(7-9-13)15-10-14(20-17(19)21-15)11-4-2-1-3-5-11/h1-10H,(H2,18,22)(H2,19,20,21). The third-order valence-electron chi connectivity index (χ3n) is 3.28. The fourth-order valence-corrected chi connectivity index (χ4v) is 2.18. The summed E-state index contributed by atoms with van der Waals surface area (Å²) in [5.41, 5.74) is 14.8. The van der Waals surface area contributed by atoms with Gasteiger partial charge < -0.3 is 11.5 Å². The van der Waals surface area contributed by atoms with Gasteiger partial charge in [0, 0.05) is 16.7 Å². The SMILES string of the molecule is NC(=O)c1ccc(-c2cc(-c3ccccc3)nc(N)n2)cc1. The van der Waals surface area contributed by atoms with E-state index in [0.29, 0.717) is 11.3 Å². The second kappa shape index (κ2) is 5.65. The van der Waals surface area contributed by atoms with E-state index in [0.717, 1.165) is 16.8 Å². The molecule has 0 aliphatic heterocycles. The number of nitrogens with two attached hydrogens (primary N) is 2. The number of carbonyl (C=O) groups is 1. The molecule has 3 rings (SSSR count). The van der Waals surface area contributed by atoms with Gasteiger partial charge in [-0.2, -0.15) is 0 Å². The summed E-state index contributed by atoms with van der Waals surface area (Å²) in [7, 11) is 0. The van der Waals surface area contributed by atoms with Gasteiger partial charge in [0.2, 0.25) is 11.9 Å². The molecule has 1 heterocycles. The number of anilines is 1. The molecule has 0 aliphatic carbocycles. The minimum atomic E-state index is -0.460. The van der Waals surface area contributed by atoms with Crippen LogP contribution in [0.3, 0.4) is 0 Å². The molecule has 0 saturated heterocycles. The zero-order valence-electron chi connectivity index (χ0n) is 11.7. The maximum atomic E-state index is 11.1. The van der Waals surface area contributed by atoms with Crippen molar-refractivity contribution in [2.75, 3.05) is 5.73 Å². The Kier molecular flexibility index (Phi) is 3.53. The molecule has 0 bridgehead atoms. The smallest absolute Gasteiger partial charge is 0.248 e. The first-order valence-corrected chi connectivity index (χ1v) is 6.74. The van der Waals surface area contributed by atoms with E-state index in [1.54, 1.807) is 24.3 Å². The van der Waals surface area contributed by atoms with Gasteiger partial charge >= 0.3 is 0 Å². The molecule has 1 aromatic heterocycles. The molecular weight excluding hydrogens is 276 g/mol. The number of rotatable bonds is 3. The van der Waals surface area contributed by atoms with Gasteiger partial charge in [0.1, 0.15) is 0 Å². The van der Waals surface area contributed by atoms with Crippen molar-refractivity contribution in [1.29, 1.82) is 0 Å². The van der Waals surface area contributed by atoms with Crippen molar-refractivity contribution in [3.05, 3.63) is 66.2 Å². The van der Waals surface area contributed by atoms with Crippen molar-refractivity contribution < 1.29 is 4.79 Å². The Morgan fingerprint density at radius 2 is 1.36 bits per heavy atom. The zero-order chi connectivity index (χ0) is 15.5. The average Bonchev–Trinajstić information content (AvgIpc) is 2.55. The predicted molar refractivity (Wildman–Crippen MR) is 85.8 cm³/mol. The highest BCUT2D eigenvalue weighted by molar-refractivity contribution is 5.93. The molecule has 0 saturated carbocycles. The topological polar surface area (TPSA) is 94.9 Å². The van der Waals surface area contributed by atoms with E-state index in [9.17, 15) is 4.79 Å². The lowest BCUT2D eigenvalue weighted by atomic mass is 10.1. The van der Waals surface area contributed by atoms with Crippen molar-refractivity contribution in [1.82, 2.24) is 9.97 Å². The summed E-state index contributed by atoms with van der Waals surface area (Å²) in [6.45, 7) is 0. The van der Waals surface area contributed by atoms with Crippen LogP contribution in [-0.4, -0.2) is 15.9 Å². The van der Waals surface area contributed by atoms with Crippen molar-refractivity contribution in [2.24, 2.45) is 5.73 Å². The first kappa shape index (κ1) is 13.8. The van der Waals surface area contributed by atoms with Crippen LogP contribution in [0.4, 0.5) is 5.95 Å². The monoisotopic (exact) mass is 290 g/mol. The van der Waals surface area contributed by atoms with Crippen LogP contribution in [0.5, 0.6) is 0 Å². The second-order valence-electron chi connectivity index (χ2n) is 4.80. The van der Waals surface area contributed by atoms with Crippen LogP contribution in [0, 0.1) is 0 Å². The third kappa shape index (κ3) is 2.78. The number of carbonyl (C=O) groups excluding carboxylic acids is 1. The van der Waals surface area contributed by atoms with Crippen molar-refractivity contribution in [3.63, 3.8) is 0 Å². The van der Waals surface area contributed by atoms with Crippen molar-refractivity contribution in [3.8, 4) is 22.5 Å². The van der Waals surface area contributed by atoms with E-state index in [2.05, 4.69) is 9.97 Å². The fraction of sp³-hybridized carbons (Fsp3) is 0. The number of primary amides is 1. The lowest BCUT2D eigenvalue weighted by Gasteiger charge is -2.07. The molecule has 108 valence electrons. The molecule has 5 heteroatoms. The lowest BCUT2D eigenvalue weighted by molar-refractivity contribution is 0.100. The Morgan fingerprint density at radius 1 is 0.818 bits per heavy atom. The Hall–Kier alpha value is -3.21. The Labute approximate surface area is 127 Å². The van der Waals surface area contributed by atoms with Gasteiger partial charge in [0.15, 0.2) is 0 Å². The molecule has 0 atom stereocenters. The summed E-state index contributed by atoms with van der Waals surface area (Å²) >= 11 is 0. The molecule has 0 fully saturated rings. The number of aromatic nitrogens is 2. The lowest BCUT2D eigenvalue weighted by Crippen LogP contribution is -2.10. The molecule has 5 nitrogen and oxygen atoms in total. The van der Waals surface area contributed by atoms with E-state index < -0.39 is 5.91 Å². The van der Waals surface area contributed by atoms with Crippen LogP contribution < -0.4 is 11.5 Å². The largest absolute Gasteiger partial charge is 0.368 e. The van der Waals surface area contributed by atoms with Crippen molar-refractivity contribution >= 4 is 11.9 Å². The molecule has 0 aliphatic rings. The van der Waals surface area contributed by atoms with Gasteiger partial charge in [0.05, 0.1) is 11.4 Å². The van der Waals surface area contributed by atoms with E-state index in [-0.39, 0.29) is 5.95 Å². The summed E-state index contributed by atoms with van der Waals surface area (Å²) in [5, 5.41) is 0. The molecule has 1 amide bonds. The quantitative estimate of drug-likeness (QED) is 0.774. The molecule has 22 heavy (non-hydrogen) atoms. The third-order valence-corrected chi connectivity index (χ3v) is 3.28. The van der Waals surface area contributed by atoms with Crippen LogP contribution in [-0.2, 0) is 0 Å². The average molecular weight is 290 g/mol. The van der Waals surface area contributed by atoms with Gasteiger partial charge in [-0.05, 0) is 18.2 Å². The van der Waals surface area contributed by atoms with E-state index in [4.69, 9.17) is 11.5 Å². The van der Waals surface area contributed by atoms with Gasteiger partial charge in [-0.25, -0.2) is 9.97 Å². The Bertz CT molecular complexity index is 814. The molecule has 4 N–H and O–H groups in total. The fourth-order valence-electron chi connectivity index (χ4n) is 2.18. The Balaban J connectivity index is 2.04. The van der Waals surface area contributed by atoms with Gasteiger partial charge in [-0.1, -0.05) is 42.5 Å². The van der Waals surface area contributed by atoms with Crippen LogP contribution >= 0.6 is 0 Å². The summed E-state index contributed by atoms with van der Waals surface area (Å²) in [4.78, 5) is 19.6. The van der Waals surface area contributed by atoms with Crippen LogP contribution in [0.1, 0.15) is 10.4 Å². The number of hydrogen-bond donors (Lipinski definition) is 2. The molecule has 2 aromatic carbocycles. The molecule has 0 radical (unpaired) electrons. The summed E-state index contributed by atoms with van der Waals surface area (Å²) in [6, 6.07) is 18.5. The maximum Gasteiger partial charge on any atom is 0.248 e. The summed E-state index contributed by atoms with van der Waals surface area (Å²) in [6.07, 6.45) is 0. The zero-order valence-corrected chi connectivity index (χ0v) is 11.7. The molecule has 3 aromatic rings. The van der Waals surface area contributed by atoms with Gasteiger partial charge in [-0.3, -0.25) is 4.79 Å². The molecular formula is C17H14N4O. The van der Waals surface area contributed by atoms with Crippen LogP contribution in [0.25, 0.3) is 22.5 Å². The van der Waals surface area contributed by atoms with Crippen LogP contribution in [0.2, 0.25) is 0 Å². The number of benzene rings is 2. The van der Waals surface area contributed by atoms with Crippen LogP contribution in [0.15, 0.2) is 60.7 Å². The minimum Gasteiger partial charge on any atom is -0.368 e. The Morgan fingerprint density at radius 3 is 1.91 bits per heavy atom. The highest BCUT2D eigenvalue weighted by Gasteiger charge is 2.07. The normalized spacial score (nSPS) is 10.4. The van der Waals surface area contributed by atoms with Crippen molar-refractivity contribution in [2.45, 2.75) is 0 Å². The first-order chi connectivity index (χ1) is 10.6. The van der Waals surface area contributed by atoms with Gasteiger partial charge in [0.25, 0.3) is 0 Å². The molecule has 0 unspecified atom stereocenters. The maximum absolute atomic E-state index is 11.1. The highest BCUT2D eigenvalue weighted by Crippen LogP contribution is 2.24. The molecule has 0 spiro atoms. The predicted octanol–water partition coefficient (Wildman–Crippen LogP) is 2.49. The first-order valence-electron chi connectivity index (χ1n) is 6.74.